The van der Waals surface area contributed by atoms with E-state index in [0.717, 1.165) is 43.4 Å². The highest BCUT2D eigenvalue weighted by Gasteiger charge is 2.33. The molecule has 2 heterocycles. The minimum absolute atomic E-state index is 0.0456. The van der Waals surface area contributed by atoms with E-state index >= 15 is 0 Å². The molecule has 10 heteroatoms. The van der Waals surface area contributed by atoms with Crippen LogP contribution in [0.5, 0.6) is 0 Å². The number of aliphatic hydroxyl groups excluding tert-OH is 1. The molecule has 0 radical (unpaired) electrons. The SMILES string of the molecule is CCCC(CCC)N1CCn2c(C(=O)N[C@@H](Cc3ccccc3)[C@H](O)CNCc3cccc(C(F)(F)F)c3)ccc2C1=O. The Bertz CT molecular complexity index is 1350. The second-order valence-electron chi connectivity index (χ2n) is 11.2. The van der Waals surface area contributed by atoms with Crippen molar-refractivity contribution in [2.24, 2.45) is 0 Å². The van der Waals surface area contributed by atoms with Crippen molar-refractivity contribution in [3.05, 3.63) is 94.8 Å². The Balaban J connectivity index is 1.45. The summed E-state index contributed by atoms with van der Waals surface area (Å²) >= 11 is 0. The number of carbonyl (C=O) groups is 2. The first-order valence-corrected chi connectivity index (χ1v) is 15.0. The lowest BCUT2D eigenvalue weighted by Crippen LogP contribution is -2.50. The van der Waals surface area contributed by atoms with E-state index in [-0.39, 0.29) is 25.0 Å². The first-order valence-electron chi connectivity index (χ1n) is 15.0. The Kier molecular flexibility index (Phi) is 11.0. The predicted octanol–water partition coefficient (Wildman–Crippen LogP) is 5.42. The molecule has 232 valence electrons. The number of benzene rings is 2. The molecule has 7 nitrogen and oxygen atoms in total. The molecule has 0 fully saturated rings. The first-order chi connectivity index (χ1) is 20.6. The molecular formula is C33H41F3N4O3. The maximum absolute atomic E-state index is 13.5. The number of aromatic nitrogens is 1. The van der Waals surface area contributed by atoms with Crippen LogP contribution in [0.1, 0.15) is 77.2 Å². The van der Waals surface area contributed by atoms with Crippen molar-refractivity contribution in [1.29, 1.82) is 0 Å². The second kappa shape index (κ2) is 14.7. The van der Waals surface area contributed by atoms with Gasteiger partial charge in [0.25, 0.3) is 11.8 Å². The fourth-order valence-electron chi connectivity index (χ4n) is 5.78. The van der Waals surface area contributed by atoms with Crippen molar-refractivity contribution in [3.8, 4) is 0 Å². The molecule has 2 aromatic carbocycles. The summed E-state index contributed by atoms with van der Waals surface area (Å²) in [5.41, 5.74) is 1.45. The van der Waals surface area contributed by atoms with E-state index in [1.807, 2.05) is 35.2 Å². The van der Waals surface area contributed by atoms with Crippen LogP contribution in [0.3, 0.4) is 0 Å². The number of alkyl halides is 3. The third kappa shape index (κ3) is 8.26. The van der Waals surface area contributed by atoms with Crippen molar-refractivity contribution in [2.75, 3.05) is 13.1 Å². The summed E-state index contributed by atoms with van der Waals surface area (Å²) in [5, 5.41) is 17.1. The quantitative estimate of drug-likeness (QED) is 0.231. The van der Waals surface area contributed by atoms with Gasteiger partial charge in [-0.15, -0.1) is 0 Å². The average Bonchev–Trinajstić information content (AvgIpc) is 3.42. The number of amides is 2. The minimum atomic E-state index is -4.44. The van der Waals surface area contributed by atoms with Crippen molar-refractivity contribution >= 4 is 11.8 Å². The van der Waals surface area contributed by atoms with Crippen LogP contribution in [0.15, 0.2) is 66.7 Å². The van der Waals surface area contributed by atoms with Gasteiger partial charge in [0.2, 0.25) is 0 Å². The summed E-state index contributed by atoms with van der Waals surface area (Å²) in [7, 11) is 0. The van der Waals surface area contributed by atoms with Gasteiger partial charge < -0.3 is 25.2 Å². The number of nitrogens with zero attached hydrogens (tertiary/aromatic N) is 2. The molecule has 0 unspecified atom stereocenters. The van der Waals surface area contributed by atoms with Gasteiger partial charge in [0.1, 0.15) is 11.4 Å². The van der Waals surface area contributed by atoms with Gasteiger partial charge in [-0.25, -0.2) is 0 Å². The summed E-state index contributed by atoms with van der Waals surface area (Å²) in [5.74, 6) is -0.471. The number of fused-ring (bicyclic) bond motifs is 1. The number of aliphatic hydroxyl groups is 1. The van der Waals surface area contributed by atoms with E-state index < -0.39 is 29.8 Å². The largest absolute Gasteiger partial charge is 0.416 e. The number of nitrogens with one attached hydrogen (secondary N) is 2. The average molecular weight is 599 g/mol. The molecule has 4 rings (SSSR count). The van der Waals surface area contributed by atoms with E-state index in [2.05, 4.69) is 24.5 Å². The minimum Gasteiger partial charge on any atom is -0.390 e. The lowest BCUT2D eigenvalue weighted by atomic mass is 10.0. The van der Waals surface area contributed by atoms with E-state index in [1.54, 1.807) is 22.8 Å². The fraction of sp³-hybridized carbons (Fsp3) is 0.455. The highest BCUT2D eigenvalue weighted by atomic mass is 19.4. The Morgan fingerprint density at radius 2 is 1.65 bits per heavy atom. The number of hydrogen-bond acceptors (Lipinski definition) is 4. The third-order valence-electron chi connectivity index (χ3n) is 7.96. The Labute approximate surface area is 251 Å². The van der Waals surface area contributed by atoms with Gasteiger partial charge in [0, 0.05) is 32.2 Å². The summed E-state index contributed by atoms with van der Waals surface area (Å²) in [6.45, 7) is 5.43. The van der Waals surface area contributed by atoms with Gasteiger partial charge in [-0.1, -0.05) is 75.2 Å². The lowest BCUT2D eigenvalue weighted by molar-refractivity contribution is -0.137. The van der Waals surface area contributed by atoms with Crippen molar-refractivity contribution in [3.63, 3.8) is 0 Å². The monoisotopic (exact) mass is 598 g/mol. The molecule has 43 heavy (non-hydrogen) atoms. The van der Waals surface area contributed by atoms with Crippen molar-refractivity contribution in [1.82, 2.24) is 20.1 Å². The molecule has 2 atom stereocenters. The van der Waals surface area contributed by atoms with E-state index in [9.17, 15) is 27.9 Å². The van der Waals surface area contributed by atoms with Crippen LogP contribution in [0.2, 0.25) is 0 Å². The lowest BCUT2D eigenvalue weighted by Gasteiger charge is -2.36. The topological polar surface area (TPSA) is 86.6 Å². The van der Waals surface area contributed by atoms with Gasteiger partial charge in [-0.3, -0.25) is 9.59 Å². The molecule has 1 aliphatic heterocycles. The van der Waals surface area contributed by atoms with Crippen LogP contribution in [-0.2, 0) is 25.7 Å². The Morgan fingerprint density at radius 1 is 0.953 bits per heavy atom. The molecule has 0 spiro atoms. The zero-order valence-electron chi connectivity index (χ0n) is 24.7. The van der Waals surface area contributed by atoms with Gasteiger partial charge in [-0.05, 0) is 48.6 Å². The van der Waals surface area contributed by atoms with E-state index in [4.69, 9.17) is 0 Å². The molecule has 0 bridgehead atoms. The van der Waals surface area contributed by atoms with E-state index in [1.165, 1.54) is 6.07 Å². The predicted molar refractivity (Wildman–Crippen MR) is 160 cm³/mol. The molecule has 1 aliphatic rings. The maximum Gasteiger partial charge on any atom is 0.416 e. The Morgan fingerprint density at radius 3 is 2.33 bits per heavy atom. The van der Waals surface area contributed by atoms with Crippen LogP contribution < -0.4 is 10.6 Å². The molecule has 0 aliphatic carbocycles. The van der Waals surface area contributed by atoms with Crippen LogP contribution >= 0.6 is 0 Å². The molecule has 3 N–H and O–H groups in total. The number of rotatable bonds is 14. The van der Waals surface area contributed by atoms with Crippen LogP contribution in [0.4, 0.5) is 13.2 Å². The van der Waals surface area contributed by atoms with Gasteiger partial charge >= 0.3 is 6.18 Å². The molecule has 0 saturated carbocycles. The second-order valence-corrected chi connectivity index (χ2v) is 11.2. The molecule has 3 aromatic rings. The summed E-state index contributed by atoms with van der Waals surface area (Å²) in [6.07, 6.45) is -1.27. The zero-order chi connectivity index (χ0) is 31.0. The highest BCUT2D eigenvalue weighted by Crippen LogP contribution is 2.29. The number of halogens is 3. The smallest absolute Gasteiger partial charge is 0.390 e. The molecular weight excluding hydrogens is 557 g/mol. The third-order valence-corrected chi connectivity index (χ3v) is 7.96. The fourth-order valence-corrected chi connectivity index (χ4v) is 5.78. The normalized spacial score (nSPS) is 15.0. The Hall–Kier alpha value is -3.63. The van der Waals surface area contributed by atoms with Crippen molar-refractivity contribution in [2.45, 2.75) is 83.4 Å². The summed E-state index contributed by atoms with van der Waals surface area (Å²) in [4.78, 5) is 28.9. The van der Waals surface area contributed by atoms with Crippen LogP contribution in [0.25, 0.3) is 0 Å². The maximum atomic E-state index is 13.5. The summed E-state index contributed by atoms with van der Waals surface area (Å²) < 4.78 is 41.0. The molecule has 1 aromatic heterocycles. The summed E-state index contributed by atoms with van der Waals surface area (Å²) in [6, 6.07) is 17.3. The zero-order valence-corrected chi connectivity index (χ0v) is 24.7. The number of carbonyl (C=O) groups excluding carboxylic acids is 2. The number of hydrogen-bond donors (Lipinski definition) is 3. The van der Waals surface area contributed by atoms with Crippen LogP contribution in [0, 0.1) is 0 Å². The van der Waals surface area contributed by atoms with Gasteiger partial charge in [0.15, 0.2) is 0 Å². The standard InChI is InChI=1S/C33H41F3N4O3/c1-3-9-26(10-4-2)39-17-18-40-28(15-16-29(40)32(39)43)31(42)38-27(20-23-11-6-5-7-12-23)30(41)22-37-21-24-13-8-14-25(19-24)33(34,35)36/h5-8,11-16,19,26-27,30,37,41H,3-4,9-10,17-18,20-22H2,1-2H3,(H,38,42)/t27-,30+/m0/s1. The van der Waals surface area contributed by atoms with Crippen molar-refractivity contribution < 1.29 is 27.9 Å². The van der Waals surface area contributed by atoms with Gasteiger partial charge in [-0.2, -0.15) is 13.2 Å². The van der Waals surface area contributed by atoms with Crippen LogP contribution in [-0.4, -0.2) is 57.7 Å². The molecule has 0 saturated heterocycles. The van der Waals surface area contributed by atoms with Gasteiger partial charge in [0.05, 0.1) is 17.7 Å². The highest BCUT2D eigenvalue weighted by molar-refractivity contribution is 5.99. The molecule has 2 amide bonds. The first kappa shape index (κ1) is 32.3. The van der Waals surface area contributed by atoms with E-state index in [0.29, 0.717) is 36.5 Å².